The van der Waals surface area contributed by atoms with Crippen LogP contribution >= 0.6 is 0 Å². The SMILES string of the molecule is Cc1oc(C)c(C(=O)N2CCC[C@H]2C(=O)O)c1C. The second-order valence-corrected chi connectivity index (χ2v) is 4.71. The zero-order valence-corrected chi connectivity index (χ0v) is 10.8. The topological polar surface area (TPSA) is 70.8 Å². The molecule has 0 bridgehead atoms. The molecule has 18 heavy (non-hydrogen) atoms. The minimum atomic E-state index is -0.934. The van der Waals surface area contributed by atoms with Crippen LogP contribution in [-0.4, -0.2) is 34.5 Å². The molecule has 1 fully saturated rings. The highest BCUT2D eigenvalue weighted by molar-refractivity contribution is 5.99. The molecular formula is C13H17NO4. The van der Waals surface area contributed by atoms with Crippen molar-refractivity contribution in [3.8, 4) is 0 Å². The molecule has 1 amide bonds. The summed E-state index contributed by atoms with van der Waals surface area (Å²) in [5.74, 6) is 0.107. The Labute approximate surface area is 105 Å². The standard InChI is InChI=1S/C13H17NO4/c1-7-8(2)18-9(3)11(7)12(15)14-6-4-5-10(14)13(16)17/h10H,4-6H2,1-3H3,(H,16,17)/t10-/m0/s1. The van der Waals surface area contributed by atoms with Crippen LogP contribution in [0.1, 0.15) is 40.3 Å². The van der Waals surface area contributed by atoms with E-state index in [1.54, 1.807) is 13.8 Å². The van der Waals surface area contributed by atoms with Gasteiger partial charge in [-0.2, -0.15) is 0 Å². The van der Waals surface area contributed by atoms with Crippen LogP contribution in [0.3, 0.4) is 0 Å². The quantitative estimate of drug-likeness (QED) is 0.871. The van der Waals surface area contributed by atoms with Crippen LogP contribution in [0.15, 0.2) is 4.42 Å². The first-order valence-electron chi connectivity index (χ1n) is 6.04. The van der Waals surface area contributed by atoms with Gasteiger partial charge in [-0.05, 0) is 33.6 Å². The monoisotopic (exact) mass is 251 g/mol. The minimum Gasteiger partial charge on any atom is -0.480 e. The Bertz CT molecular complexity index is 503. The third-order valence-corrected chi connectivity index (χ3v) is 3.57. The molecule has 0 aromatic carbocycles. The molecule has 1 aliphatic heterocycles. The molecule has 0 unspecified atom stereocenters. The third-order valence-electron chi connectivity index (χ3n) is 3.57. The lowest BCUT2D eigenvalue weighted by Gasteiger charge is -2.21. The lowest BCUT2D eigenvalue weighted by atomic mass is 10.1. The highest BCUT2D eigenvalue weighted by Crippen LogP contribution is 2.26. The molecule has 0 spiro atoms. The van der Waals surface area contributed by atoms with E-state index in [1.807, 2.05) is 6.92 Å². The Morgan fingerprint density at radius 3 is 2.44 bits per heavy atom. The summed E-state index contributed by atoms with van der Waals surface area (Å²) in [4.78, 5) is 25.0. The van der Waals surface area contributed by atoms with Gasteiger partial charge in [-0.1, -0.05) is 0 Å². The number of hydrogen-bond acceptors (Lipinski definition) is 3. The molecule has 5 heteroatoms. The predicted octanol–water partition coefficient (Wildman–Crippen LogP) is 1.89. The largest absolute Gasteiger partial charge is 0.480 e. The summed E-state index contributed by atoms with van der Waals surface area (Å²) in [5, 5.41) is 9.11. The summed E-state index contributed by atoms with van der Waals surface area (Å²) >= 11 is 0. The van der Waals surface area contributed by atoms with E-state index in [0.29, 0.717) is 30.0 Å². The van der Waals surface area contributed by atoms with Crippen LogP contribution in [0.25, 0.3) is 0 Å². The summed E-state index contributed by atoms with van der Waals surface area (Å²) in [6, 6.07) is -0.702. The van der Waals surface area contributed by atoms with Gasteiger partial charge in [-0.15, -0.1) is 0 Å². The number of carboxylic acid groups (broad SMARTS) is 1. The van der Waals surface area contributed by atoms with E-state index in [-0.39, 0.29) is 5.91 Å². The van der Waals surface area contributed by atoms with Crippen molar-refractivity contribution in [1.29, 1.82) is 0 Å². The van der Waals surface area contributed by atoms with Gasteiger partial charge < -0.3 is 14.4 Å². The van der Waals surface area contributed by atoms with Gasteiger partial charge >= 0.3 is 5.97 Å². The van der Waals surface area contributed by atoms with E-state index in [4.69, 9.17) is 9.52 Å². The number of furan rings is 1. The number of carboxylic acids is 1. The van der Waals surface area contributed by atoms with Crippen LogP contribution in [-0.2, 0) is 4.79 Å². The number of aliphatic carboxylic acids is 1. The lowest BCUT2D eigenvalue weighted by Crippen LogP contribution is -2.40. The van der Waals surface area contributed by atoms with Crippen LogP contribution in [0.5, 0.6) is 0 Å². The molecule has 1 atom stereocenters. The molecule has 98 valence electrons. The molecule has 1 N–H and O–H groups in total. The molecule has 0 radical (unpaired) electrons. The number of amides is 1. The fraction of sp³-hybridized carbons (Fsp3) is 0.538. The highest BCUT2D eigenvalue weighted by Gasteiger charge is 2.36. The number of carbonyl (C=O) groups is 2. The normalized spacial score (nSPS) is 19.3. The molecule has 1 aliphatic rings. The fourth-order valence-electron chi connectivity index (χ4n) is 2.52. The van der Waals surface area contributed by atoms with Gasteiger partial charge in [0.05, 0.1) is 5.56 Å². The van der Waals surface area contributed by atoms with Crippen molar-refractivity contribution in [1.82, 2.24) is 4.90 Å². The Kier molecular flexibility index (Phi) is 3.15. The van der Waals surface area contributed by atoms with Gasteiger partial charge in [0.1, 0.15) is 17.6 Å². The van der Waals surface area contributed by atoms with Gasteiger partial charge in [0.2, 0.25) is 0 Å². The predicted molar refractivity (Wildman–Crippen MR) is 64.6 cm³/mol. The summed E-state index contributed by atoms with van der Waals surface area (Å²) in [7, 11) is 0. The van der Waals surface area contributed by atoms with E-state index < -0.39 is 12.0 Å². The molecule has 1 aromatic heterocycles. The van der Waals surface area contributed by atoms with E-state index in [0.717, 1.165) is 12.0 Å². The number of likely N-dealkylation sites (tertiary alicyclic amines) is 1. The van der Waals surface area contributed by atoms with E-state index in [2.05, 4.69) is 0 Å². The van der Waals surface area contributed by atoms with Gasteiger partial charge in [0.15, 0.2) is 0 Å². The molecule has 1 aromatic rings. The lowest BCUT2D eigenvalue weighted by molar-refractivity contribution is -0.141. The summed E-state index contributed by atoms with van der Waals surface area (Å²) in [5.41, 5.74) is 1.31. The van der Waals surface area contributed by atoms with Gasteiger partial charge in [-0.3, -0.25) is 4.79 Å². The van der Waals surface area contributed by atoms with Crippen molar-refractivity contribution in [3.05, 3.63) is 22.6 Å². The van der Waals surface area contributed by atoms with E-state index >= 15 is 0 Å². The smallest absolute Gasteiger partial charge is 0.326 e. The molecule has 2 rings (SSSR count). The van der Waals surface area contributed by atoms with Gasteiger partial charge in [0, 0.05) is 12.1 Å². The van der Waals surface area contributed by atoms with Crippen molar-refractivity contribution >= 4 is 11.9 Å². The Hall–Kier alpha value is -1.78. The maximum absolute atomic E-state index is 12.4. The molecule has 5 nitrogen and oxygen atoms in total. The Morgan fingerprint density at radius 2 is 1.94 bits per heavy atom. The van der Waals surface area contributed by atoms with Crippen LogP contribution in [0.2, 0.25) is 0 Å². The maximum atomic E-state index is 12.4. The van der Waals surface area contributed by atoms with Crippen LogP contribution in [0, 0.1) is 20.8 Å². The van der Waals surface area contributed by atoms with Crippen molar-refractivity contribution in [2.75, 3.05) is 6.54 Å². The first-order chi connectivity index (χ1) is 8.43. The van der Waals surface area contributed by atoms with Crippen LogP contribution in [0.4, 0.5) is 0 Å². The van der Waals surface area contributed by atoms with Crippen molar-refractivity contribution in [2.24, 2.45) is 0 Å². The summed E-state index contributed by atoms with van der Waals surface area (Å²) in [6.45, 7) is 5.86. The van der Waals surface area contributed by atoms with Crippen LogP contribution < -0.4 is 0 Å². The van der Waals surface area contributed by atoms with Gasteiger partial charge in [-0.25, -0.2) is 4.79 Å². The van der Waals surface area contributed by atoms with Crippen molar-refractivity contribution in [2.45, 2.75) is 39.7 Å². The first kappa shape index (κ1) is 12.7. The highest BCUT2D eigenvalue weighted by atomic mass is 16.4. The first-order valence-corrected chi connectivity index (χ1v) is 6.04. The average Bonchev–Trinajstić information content (AvgIpc) is 2.85. The molecule has 1 saturated heterocycles. The van der Waals surface area contributed by atoms with Crippen molar-refractivity contribution in [3.63, 3.8) is 0 Å². The molecule has 0 saturated carbocycles. The van der Waals surface area contributed by atoms with Gasteiger partial charge in [0.25, 0.3) is 5.91 Å². The fourth-order valence-corrected chi connectivity index (χ4v) is 2.52. The minimum absolute atomic E-state index is 0.230. The number of nitrogens with zero attached hydrogens (tertiary/aromatic N) is 1. The maximum Gasteiger partial charge on any atom is 0.326 e. The second-order valence-electron chi connectivity index (χ2n) is 4.71. The number of rotatable bonds is 2. The molecular weight excluding hydrogens is 234 g/mol. The van der Waals surface area contributed by atoms with E-state index in [9.17, 15) is 9.59 Å². The average molecular weight is 251 g/mol. The zero-order chi connectivity index (χ0) is 13.4. The molecule has 0 aliphatic carbocycles. The number of aryl methyl sites for hydroxylation is 2. The Balaban J connectivity index is 2.34. The number of hydrogen-bond donors (Lipinski definition) is 1. The second kappa shape index (κ2) is 4.48. The molecule has 2 heterocycles. The Morgan fingerprint density at radius 1 is 1.28 bits per heavy atom. The summed E-state index contributed by atoms with van der Waals surface area (Å²) in [6.07, 6.45) is 1.26. The third kappa shape index (κ3) is 1.89. The van der Waals surface area contributed by atoms with E-state index in [1.165, 1.54) is 4.90 Å². The zero-order valence-electron chi connectivity index (χ0n) is 10.8. The van der Waals surface area contributed by atoms with Crippen molar-refractivity contribution < 1.29 is 19.1 Å². The summed E-state index contributed by atoms with van der Waals surface area (Å²) < 4.78 is 5.43. The number of carbonyl (C=O) groups excluding carboxylic acids is 1.